The number of aromatic amines is 1. The van der Waals surface area contributed by atoms with Gasteiger partial charge in [-0.1, -0.05) is 23.2 Å². The van der Waals surface area contributed by atoms with E-state index < -0.39 is 0 Å². The molecule has 0 saturated carbocycles. The van der Waals surface area contributed by atoms with Crippen LogP contribution in [0, 0.1) is 0 Å². The summed E-state index contributed by atoms with van der Waals surface area (Å²) in [6.07, 6.45) is 1.96. The summed E-state index contributed by atoms with van der Waals surface area (Å²) in [5.74, 6) is 0.313. The van der Waals surface area contributed by atoms with Gasteiger partial charge in [-0.25, -0.2) is 9.97 Å². The van der Waals surface area contributed by atoms with E-state index in [-0.39, 0.29) is 5.56 Å². The Hall–Kier alpha value is -1.43. The molecular formula is C11H10Cl2N4O. The van der Waals surface area contributed by atoms with Crippen LogP contribution in [0.4, 0.5) is 0 Å². The Bertz CT molecular complexity index is 627. The van der Waals surface area contributed by atoms with Crippen molar-refractivity contribution >= 4 is 23.2 Å². The van der Waals surface area contributed by atoms with Crippen molar-refractivity contribution in [3.63, 3.8) is 0 Å². The average molecular weight is 285 g/mol. The van der Waals surface area contributed by atoms with Crippen molar-refractivity contribution in [2.75, 3.05) is 6.54 Å². The maximum Gasteiger partial charge on any atom is 0.251 e. The highest BCUT2D eigenvalue weighted by Gasteiger charge is 2.10. The summed E-state index contributed by atoms with van der Waals surface area (Å²) in [6.45, 7) is 0.414. The molecule has 5 nitrogen and oxygen atoms in total. The van der Waals surface area contributed by atoms with Crippen molar-refractivity contribution in [3.8, 4) is 11.5 Å². The second kappa shape index (κ2) is 5.48. The lowest BCUT2D eigenvalue weighted by atomic mass is 10.2. The van der Waals surface area contributed by atoms with Gasteiger partial charge in [0.1, 0.15) is 5.69 Å². The number of rotatable bonds is 3. The number of halogens is 2. The smallest absolute Gasteiger partial charge is 0.251 e. The lowest BCUT2D eigenvalue weighted by molar-refractivity contribution is 0.903. The number of nitrogens with one attached hydrogen (secondary N) is 1. The fourth-order valence-corrected chi connectivity index (χ4v) is 1.95. The zero-order valence-corrected chi connectivity index (χ0v) is 10.8. The van der Waals surface area contributed by atoms with Gasteiger partial charge in [-0.3, -0.25) is 4.79 Å². The molecule has 0 aliphatic heterocycles. The molecule has 0 saturated heterocycles. The second-order valence-electron chi connectivity index (χ2n) is 3.61. The molecule has 0 spiro atoms. The molecule has 7 heteroatoms. The average Bonchev–Trinajstić information content (AvgIpc) is 2.28. The molecule has 0 aliphatic carbocycles. The van der Waals surface area contributed by atoms with Crippen molar-refractivity contribution in [2.24, 2.45) is 5.73 Å². The van der Waals surface area contributed by atoms with E-state index in [4.69, 9.17) is 28.9 Å². The monoisotopic (exact) mass is 284 g/mol. The Labute approximate surface area is 113 Å². The van der Waals surface area contributed by atoms with Gasteiger partial charge in [-0.2, -0.15) is 0 Å². The number of hydrogen-bond donors (Lipinski definition) is 2. The van der Waals surface area contributed by atoms with E-state index in [1.807, 2.05) is 0 Å². The Morgan fingerprint density at radius 1 is 1.33 bits per heavy atom. The number of nitrogens with zero attached hydrogens (tertiary/aromatic N) is 2. The molecule has 2 aromatic heterocycles. The summed E-state index contributed by atoms with van der Waals surface area (Å²) in [5.41, 5.74) is 6.16. The molecule has 3 N–H and O–H groups in total. The summed E-state index contributed by atoms with van der Waals surface area (Å²) in [5, 5.41) is 0.750. The first-order valence-corrected chi connectivity index (χ1v) is 5.97. The van der Waals surface area contributed by atoms with Crippen molar-refractivity contribution in [2.45, 2.75) is 6.42 Å². The summed E-state index contributed by atoms with van der Waals surface area (Å²) in [7, 11) is 0. The Balaban J connectivity index is 2.53. The Morgan fingerprint density at radius 2 is 2.11 bits per heavy atom. The first-order chi connectivity index (χ1) is 8.60. The maximum atomic E-state index is 11.5. The van der Waals surface area contributed by atoms with Gasteiger partial charge in [0.15, 0.2) is 5.82 Å². The predicted octanol–water partition coefficient (Wildman–Crippen LogP) is 1.64. The molecule has 94 valence electrons. The minimum atomic E-state index is -0.267. The molecule has 2 rings (SSSR count). The third-order valence-corrected chi connectivity index (χ3v) is 2.72. The molecule has 0 atom stereocenters. The molecule has 0 amide bonds. The van der Waals surface area contributed by atoms with Crippen molar-refractivity contribution < 1.29 is 0 Å². The van der Waals surface area contributed by atoms with Gasteiger partial charge < -0.3 is 10.7 Å². The van der Waals surface area contributed by atoms with Crippen LogP contribution in [0.5, 0.6) is 0 Å². The Morgan fingerprint density at radius 3 is 2.78 bits per heavy atom. The third-order valence-electron chi connectivity index (χ3n) is 2.23. The Kier molecular flexibility index (Phi) is 3.96. The molecule has 0 unspecified atom stereocenters. The molecule has 0 bridgehead atoms. The molecular weight excluding hydrogens is 275 g/mol. The highest BCUT2D eigenvalue weighted by atomic mass is 35.5. The van der Waals surface area contributed by atoms with E-state index in [1.165, 1.54) is 12.3 Å². The molecule has 0 aliphatic rings. The molecule has 2 heterocycles. The van der Waals surface area contributed by atoms with Gasteiger partial charge in [0.05, 0.1) is 10.0 Å². The topological polar surface area (TPSA) is 84.7 Å². The highest BCUT2D eigenvalue weighted by molar-refractivity contribution is 6.35. The van der Waals surface area contributed by atoms with Crippen LogP contribution in [0.3, 0.4) is 0 Å². The largest absolute Gasteiger partial charge is 0.330 e. The van der Waals surface area contributed by atoms with Gasteiger partial charge in [-0.15, -0.1) is 0 Å². The zero-order chi connectivity index (χ0) is 13.1. The van der Waals surface area contributed by atoms with E-state index in [1.54, 1.807) is 6.07 Å². The third kappa shape index (κ3) is 2.87. The number of H-pyrrole nitrogens is 1. The fourth-order valence-electron chi connectivity index (χ4n) is 1.48. The lowest BCUT2D eigenvalue weighted by Gasteiger charge is -2.05. The molecule has 18 heavy (non-hydrogen) atoms. The van der Waals surface area contributed by atoms with Gasteiger partial charge in [-0.05, 0) is 12.6 Å². The minimum absolute atomic E-state index is 0.267. The van der Waals surface area contributed by atoms with Crippen LogP contribution in [-0.4, -0.2) is 21.5 Å². The van der Waals surface area contributed by atoms with E-state index >= 15 is 0 Å². The zero-order valence-electron chi connectivity index (χ0n) is 9.28. The normalized spacial score (nSPS) is 10.6. The number of nitrogens with two attached hydrogens (primary N) is 1. The molecule has 0 aromatic carbocycles. The lowest BCUT2D eigenvalue weighted by Crippen LogP contribution is -2.13. The van der Waals surface area contributed by atoms with Crippen molar-refractivity contribution in [3.05, 3.63) is 44.4 Å². The van der Waals surface area contributed by atoms with Gasteiger partial charge in [0.25, 0.3) is 5.56 Å². The van der Waals surface area contributed by atoms with Crippen LogP contribution in [-0.2, 0) is 6.42 Å². The van der Waals surface area contributed by atoms with Crippen LogP contribution in [0.2, 0.25) is 10.0 Å². The van der Waals surface area contributed by atoms with E-state index in [0.717, 1.165) is 0 Å². The van der Waals surface area contributed by atoms with Gasteiger partial charge in [0, 0.05) is 24.4 Å². The molecule has 0 fully saturated rings. The fraction of sp³-hybridized carbons (Fsp3) is 0.182. The van der Waals surface area contributed by atoms with E-state index in [9.17, 15) is 4.79 Å². The maximum absolute atomic E-state index is 11.5. The summed E-state index contributed by atoms with van der Waals surface area (Å²) >= 11 is 11.8. The molecule has 2 aromatic rings. The van der Waals surface area contributed by atoms with Crippen molar-refractivity contribution in [1.29, 1.82) is 0 Å². The highest BCUT2D eigenvalue weighted by Crippen LogP contribution is 2.24. The number of aromatic nitrogens is 3. The summed E-state index contributed by atoms with van der Waals surface area (Å²) in [4.78, 5) is 22.4. The predicted molar refractivity (Wildman–Crippen MR) is 70.9 cm³/mol. The van der Waals surface area contributed by atoms with Crippen molar-refractivity contribution in [1.82, 2.24) is 15.0 Å². The van der Waals surface area contributed by atoms with Crippen LogP contribution < -0.4 is 11.3 Å². The second-order valence-corrected chi connectivity index (χ2v) is 4.45. The van der Waals surface area contributed by atoms with Crippen LogP contribution in [0.25, 0.3) is 11.5 Å². The first kappa shape index (κ1) is 13.0. The SMILES string of the molecule is NCCc1cc(=O)[nH]c(-c2ncc(Cl)cc2Cl)n1. The van der Waals surface area contributed by atoms with E-state index in [2.05, 4.69) is 15.0 Å². The van der Waals surface area contributed by atoms with E-state index in [0.29, 0.717) is 40.2 Å². The first-order valence-electron chi connectivity index (χ1n) is 5.22. The van der Waals surface area contributed by atoms with Gasteiger partial charge in [0.2, 0.25) is 0 Å². The number of hydrogen-bond acceptors (Lipinski definition) is 4. The summed E-state index contributed by atoms with van der Waals surface area (Å²) < 4.78 is 0. The number of pyridine rings is 1. The van der Waals surface area contributed by atoms with Crippen LogP contribution >= 0.6 is 23.2 Å². The molecule has 0 radical (unpaired) electrons. The van der Waals surface area contributed by atoms with Gasteiger partial charge >= 0.3 is 0 Å². The standard InChI is InChI=1S/C11H10Cl2N4O/c12-6-3-8(13)10(15-5-6)11-16-7(1-2-14)4-9(18)17-11/h3-5H,1-2,14H2,(H,16,17,18). The minimum Gasteiger partial charge on any atom is -0.330 e. The summed E-state index contributed by atoms with van der Waals surface area (Å²) in [6, 6.07) is 2.95. The quantitative estimate of drug-likeness (QED) is 0.897. The van der Waals surface area contributed by atoms with Crippen LogP contribution in [0.15, 0.2) is 23.1 Å². The van der Waals surface area contributed by atoms with Crippen LogP contribution in [0.1, 0.15) is 5.69 Å².